The number of hydrogen-bond donors (Lipinski definition) is 2. The molecule has 3 aromatic heterocycles. The fourth-order valence-electron chi connectivity index (χ4n) is 3.62. The molecule has 0 bridgehead atoms. The summed E-state index contributed by atoms with van der Waals surface area (Å²) in [6.07, 6.45) is 2.99. The number of hydrogen-bond acceptors (Lipinski definition) is 5. The number of fused-ring (bicyclic) bond motifs is 1. The van der Waals surface area contributed by atoms with Crippen LogP contribution in [0.4, 0.5) is 4.39 Å². The highest BCUT2D eigenvalue weighted by Crippen LogP contribution is 2.27. The molecule has 170 valence electrons. The van der Waals surface area contributed by atoms with Gasteiger partial charge in [0.2, 0.25) is 0 Å². The van der Waals surface area contributed by atoms with Crippen LogP contribution in [0, 0.1) is 12.7 Å². The number of H-pyrrole nitrogens is 1. The van der Waals surface area contributed by atoms with Gasteiger partial charge in [-0.1, -0.05) is 29.5 Å². The number of thiazole rings is 1. The second kappa shape index (κ2) is 8.56. The number of carbonyl (C=O) groups excluding carboxylic acids is 1. The molecule has 2 N–H and O–H groups in total. The predicted molar refractivity (Wildman–Crippen MR) is 127 cm³/mol. The molecule has 0 saturated heterocycles. The molecule has 0 fully saturated rings. The summed E-state index contributed by atoms with van der Waals surface area (Å²) in [6.45, 7) is 2.10. The Bertz CT molecular complexity index is 1630. The first-order valence-corrected chi connectivity index (χ1v) is 11.2. The number of nitrogens with one attached hydrogen (secondary N) is 2. The molecule has 0 aliphatic heterocycles. The third kappa shape index (κ3) is 3.84. The molecular weight excluding hydrogens is 457 g/mol. The lowest BCUT2D eigenvalue weighted by atomic mass is 10.2. The van der Waals surface area contributed by atoms with Gasteiger partial charge in [0.15, 0.2) is 4.96 Å². The van der Waals surface area contributed by atoms with E-state index in [1.165, 1.54) is 23.5 Å². The molecule has 2 aromatic carbocycles. The van der Waals surface area contributed by atoms with E-state index in [1.807, 2.05) is 17.5 Å². The zero-order valence-electron chi connectivity index (χ0n) is 17.9. The molecular formula is C24H18FN5O3S. The summed E-state index contributed by atoms with van der Waals surface area (Å²) >= 11 is 1.41. The number of aromatic amines is 1. The van der Waals surface area contributed by atoms with Crippen molar-refractivity contribution in [3.63, 3.8) is 0 Å². The lowest BCUT2D eigenvalue weighted by Gasteiger charge is -2.08. The largest absolute Gasteiger partial charge is 0.347 e. The summed E-state index contributed by atoms with van der Waals surface area (Å²) < 4.78 is 16.0. The maximum absolute atomic E-state index is 13.2. The second-order valence-corrected chi connectivity index (χ2v) is 8.62. The molecule has 0 unspecified atom stereocenters. The Balaban J connectivity index is 1.38. The quantitative estimate of drug-likeness (QED) is 0.407. The van der Waals surface area contributed by atoms with E-state index in [-0.39, 0.29) is 17.9 Å². The maximum atomic E-state index is 13.2. The van der Waals surface area contributed by atoms with Crippen molar-refractivity contribution >= 4 is 22.2 Å². The minimum Gasteiger partial charge on any atom is -0.347 e. The van der Waals surface area contributed by atoms with Crippen molar-refractivity contribution in [2.24, 2.45) is 0 Å². The summed E-state index contributed by atoms with van der Waals surface area (Å²) in [7, 11) is 0. The molecule has 5 aromatic rings. The van der Waals surface area contributed by atoms with Crippen LogP contribution in [-0.4, -0.2) is 24.8 Å². The zero-order valence-corrected chi connectivity index (χ0v) is 18.7. The summed E-state index contributed by atoms with van der Waals surface area (Å²) in [4.78, 5) is 46.5. The molecule has 0 aliphatic rings. The molecule has 0 aliphatic carbocycles. The van der Waals surface area contributed by atoms with Crippen molar-refractivity contribution < 1.29 is 9.18 Å². The average molecular weight is 476 g/mol. The van der Waals surface area contributed by atoms with E-state index in [4.69, 9.17) is 0 Å². The number of imidazole rings is 1. The van der Waals surface area contributed by atoms with E-state index in [1.54, 1.807) is 42.5 Å². The van der Waals surface area contributed by atoms with Crippen LogP contribution in [0.1, 0.15) is 20.9 Å². The normalized spacial score (nSPS) is 11.1. The minimum absolute atomic E-state index is 0.166. The molecule has 8 nitrogen and oxygen atoms in total. The van der Waals surface area contributed by atoms with E-state index in [9.17, 15) is 18.8 Å². The van der Waals surface area contributed by atoms with Gasteiger partial charge in [-0.2, -0.15) is 0 Å². The van der Waals surface area contributed by atoms with E-state index >= 15 is 0 Å². The van der Waals surface area contributed by atoms with Gasteiger partial charge in [-0.05, 0) is 43.3 Å². The molecule has 0 atom stereocenters. The van der Waals surface area contributed by atoms with Gasteiger partial charge in [-0.15, -0.1) is 0 Å². The first-order chi connectivity index (χ1) is 16.4. The van der Waals surface area contributed by atoms with E-state index in [0.29, 0.717) is 5.69 Å². The molecule has 0 radical (unpaired) electrons. The van der Waals surface area contributed by atoms with Gasteiger partial charge in [0.25, 0.3) is 11.5 Å². The molecule has 34 heavy (non-hydrogen) atoms. The third-order valence-electron chi connectivity index (χ3n) is 5.44. The predicted octanol–water partition coefficient (Wildman–Crippen LogP) is 3.28. The first-order valence-electron chi connectivity index (χ1n) is 10.3. The van der Waals surface area contributed by atoms with Gasteiger partial charge in [0.05, 0.1) is 17.9 Å². The SMILES string of the molecule is Cc1c(CNC(=O)c2c[nH]c(=O)n(-c3ccccc3)c2=O)sc2nc(-c3ccc(F)cc3)cn12. The van der Waals surface area contributed by atoms with Gasteiger partial charge < -0.3 is 10.3 Å². The van der Waals surface area contributed by atoms with E-state index in [0.717, 1.165) is 37.6 Å². The lowest BCUT2D eigenvalue weighted by Crippen LogP contribution is -2.39. The Morgan fingerprint density at radius 1 is 1.12 bits per heavy atom. The number of carbonyl (C=O) groups is 1. The van der Waals surface area contributed by atoms with Crippen LogP contribution in [0.25, 0.3) is 21.9 Å². The average Bonchev–Trinajstić information content (AvgIpc) is 3.38. The Labute approximate surface area is 196 Å². The van der Waals surface area contributed by atoms with Crippen LogP contribution >= 0.6 is 11.3 Å². The highest BCUT2D eigenvalue weighted by atomic mass is 32.1. The van der Waals surface area contributed by atoms with Crippen molar-refractivity contribution in [3.05, 3.63) is 110 Å². The van der Waals surface area contributed by atoms with Gasteiger partial charge in [0, 0.05) is 28.5 Å². The Hall–Kier alpha value is -4.31. The summed E-state index contributed by atoms with van der Waals surface area (Å²) in [6, 6.07) is 14.5. The van der Waals surface area contributed by atoms with Crippen molar-refractivity contribution in [3.8, 4) is 16.9 Å². The third-order valence-corrected chi connectivity index (χ3v) is 6.59. The molecule has 10 heteroatoms. The standard InChI is InChI=1S/C24H18FN5O3S/c1-14-20(34-24-28-19(13-29(14)24)15-7-9-16(25)10-8-15)12-26-21(31)18-11-27-23(33)30(22(18)32)17-5-3-2-4-6-17/h2-11,13H,12H2,1H3,(H,26,31)(H,27,33). The van der Waals surface area contributed by atoms with Crippen LogP contribution in [0.2, 0.25) is 0 Å². The van der Waals surface area contributed by atoms with Crippen molar-refractivity contribution in [1.82, 2.24) is 24.3 Å². The number of aromatic nitrogens is 4. The van der Waals surface area contributed by atoms with Crippen molar-refractivity contribution in [1.29, 1.82) is 0 Å². The van der Waals surface area contributed by atoms with E-state index in [2.05, 4.69) is 15.3 Å². The minimum atomic E-state index is -0.700. The molecule has 3 heterocycles. The molecule has 0 saturated carbocycles. The fourth-order valence-corrected chi connectivity index (χ4v) is 4.66. The van der Waals surface area contributed by atoms with Crippen LogP contribution in [0.15, 0.2) is 76.6 Å². The number of rotatable bonds is 5. The lowest BCUT2D eigenvalue weighted by molar-refractivity contribution is 0.0949. The zero-order chi connectivity index (χ0) is 23.8. The van der Waals surface area contributed by atoms with Crippen molar-refractivity contribution in [2.75, 3.05) is 0 Å². The van der Waals surface area contributed by atoms with Crippen LogP contribution in [0.3, 0.4) is 0 Å². The highest BCUT2D eigenvalue weighted by molar-refractivity contribution is 7.17. The Morgan fingerprint density at radius 2 is 1.85 bits per heavy atom. The van der Waals surface area contributed by atoms with Gasteiger partial charge in [-0.3, -0.25) is 14.0 Å². The topological polar surface area (TPSA) is 101 Å². The Kier molecular flexibility index (Phi) is 5.42. The highest BCUT2D eigenvalue weighted by Gasteiger charge is 2.18. The van der Waals surface area contributed by atoms with Gasteiger partial charge >= 0.3 is 5.69 Å². The molecule has 1 amide bonds. The van der Waals surface area contributed by atoms with Gasteiger partial charge in [0.1, 0.15) is 11.4 Å². The van der Waals surface area contributed by atoms with Crippen molar-refractivity contribution in [2.45, 2.75) is 13.5 Å². The summed E-state index contributed by atoms with van der Waals surface area (Å²) in [5.41, 5.74) is 1.30. The van der Waals surface area contributed by atoms with Crippen LogP contribution in [0.5, 0.6) is 0 Å². The number of amides is 1. The molecule has 0 spiro atoms. The number of nitrogens with zero attached hydrogens (tertiary/aromatic N) is 3. The van der Waals surface area contributed by atoms with Crippen LogP contribution in [-0.2, 0) is 6.54 Å². The summed E-state index contributed by atoms with van der Waals surface area (Å²) in [5.74, 6) is -0.902. The number of halogens is 1. The fraction of sp³-hybridized carbons (Fsp3) is 0.0833. The monoisotopic (exact) mass is 475 g/mol. The smallest absolute Gasteiger partial charge is 0.333 e. The first kappa shape index (κ1) is 21.5. The second-order valence-electron chi connectivity index (χ2n) is 7.56. The molecule has 5 rings (SSSR count). The Morgan fingerprint density at radius 3 is 2.56 bits per heavy atom. The maximum Gasteiger partial charge on any atom is 0.333 e. The summed E-state index contributed by atoms with van der Waals surface area (Å²) in [5, 5.41) is 2.75. The van der Waals surface area contributed by atoms with E-state index < -0.39 is 17.2 Å². The van der Waals surface area contributed by atoms with Crippen LogP contribution < -0.4 is 16.6 Å². The number of para-hydroxylation sites is 1. The van der Waals surface area contributed by atoms with Gasteiger partial charge in [-0.25, -0.2) is 18.7 Å². The number of aryl methyl sites for hydroxylation is 1. The number of benzene rings is 2.